The van der Waals surface area contributed by atoms with Crippen LogP contribution in [-0.2, 0) is 4.74 Å². The molecule has 2 aliphatic carbocycles. The molecule has 2 amide bonds. The maximum Gasteiger partial charge on any atom is 0.315 e. The smallest absolute Gasteiger partial charge is 0.315 e. The van der Waals surface area contributed by atoms with Crippen LogP contribution >= 0.6 is 0 Å². The van der Waals surface area contributed by atoms with Gasteiger partial charge in [0, 0.05) is 37.1 Å². The van der Waals surface area contributed by atoms with Crippen LogP contribution in [0.25, 0.3) is 0 Å². The number of ether oxygens (including phenoxy) is 1. The van der Waals surface area contributed by atoms with E-state index in [0.29, 0.717) is 12.0 Å². The first-order valence-electron chi connectivity index (χ1n) is 8.57. The van der Waals surface area contributed by atoms with Crippen molar-refractivity contribution in [3.8, 4) is 0 Å². The summed E-state index contributed by atoms with van der Waals surface area (Å²) in [6.45, 7) is 1.01. The minimum absolute atomic E-state index is 0.0575. The Hall–Kier alpha value is -0.810. The molecule has 1 heterocycles. The Morgan fingerprint density at radius 3 is 2.62 bits per heavy atom. The molecule has 3 fully saturated rings. The topological polar surface area (TPSA) is 70.6 Å². The molecule has 5 nitrogen and oxygen atoms in total. The standard InChI is InChI=1S/C16H28N2O3/c19-10-11-4-1-2-5-13(11)17-16(20)18-14-6-3-7-15-12(14)8-9-21-15/h11-15,19H,1-10H2,(H2,17,18,20). The fourth-order valence-electron chi connectivity index (χ4n) is 4.35. The summed E-state index contributed by atoms with van der Waals surface area (Å²) < 4.78 is 5.75. The van der Waals surface area contributed by atoms with Gasteiger partial charge in [-0.05, 0) is 38.5 Å². The van der Waals surface area contributed by atoms with Crippen LogP contribution in [0.2, 0.25) is 0 Å². The molecule has 120 valence electrons. The van der Waals surface area contributed by atoms with Gasteiger partial charge in [-0.25, -0.2) is 4.79 Å². The SMILES string of the molecule is O=C(NC1CCCCC1CO)NC1CCCC2OCCC12. The van der Waals surface area contributed by atoms with Crippen molar-refractivity contribution >= 4 is 6.03 Å². The summed E-state index contributed by atoms with van der Waals surface area (Å²) in [6, 6.07) is 0.322. The van der Waals surface area contributed by atoms with Crippen molar-refractivity contribution in [1.29, 1.82) is 0 Å². The second-order valence-electron chi connectivity index (χ2n) is 6.85. The number of nitrogens with one attached hydrogen (secondary N) is 2. The van der Waals surface area contributed by atoms with Gasteiger partial charge in [0.25, 0.3) is 0 Å². The fourth-order valence-corrected chi connectivity index (χ4v) is 4.35. The van der Waals surface area contributed by atoms with Crippen LogP contribution in [0, 0.1) is 11.8 Å². The molecule has 3 aliphatic rings. The van der Waals surface area contributed by atoms with Crippen molar-refractivity contribution in [2.24, 2.45) is 11.8 Å². The second-order valence-corrected chi connectivity index (χ2v) is 6.85. The van der Waals surface area contributed by atoms with Gasteiger partial charge in [0.05, 0.1) is 6.10 Å². The summed E-state index contributed by atoms with van der Waals surface area (Å²) in [5, 5.41) is 15.7. The molecule has 0 spiro atoms. The Bertz CT molecular complexity index is 363. The van der Waals surface area contributed by atoms with E-state index in [2.05, 4.69) is 10.6 Å². The largest absolute Gasteiger partial charge is 0.396 e. The number of hydrogen-bond acceptors (Lipinski definition) is 3. The average Bonchev–Trinajstić information content (AvgIpc) is 2.97. The van der Waals surface area contributed by atoms with Gasteiger partial charge in [0.15, 0.2) is 0 Å². The van der Waals surface area contributed by atoms with E-state index in [1.165, 1.54) is 0 Å². The maximum absolute atomic E-state index is 12.3. The van der Waals surface area contributed by atoms with Crippen molar-refractivity contribution < 1.29 is 14.6 Å². The van der Waals surface area contributed by atoms with E-state index in [1.54, 1.807) is 0 Å². The highest BCUT2D eigenvalue weighted by Crippen LogP contribution is 2.34. The van der Waals surface area contributed by atoms with Crippen LogP contribution in [0.4, 0.5) is 4.79 Å². The lowest BCUT2D eigenvalue weighted by molar-refractivity contribution is 0.0546. The number of urea groups is 1. The molecule has 3 rings (SSSR count). The fraction of sp³-hybridized carbons (Fsp3) is 0.938. The number of aliphatic hydroxyl groups is 1. The van der Waals surface area contributed by atoms with Crippen LogP contribution in [0.3, 0.4) is 0 Å². The Labute approximate surface area is 126 Å². The molecule has 2 saturated carbocycles. The number of aliphatic hydroxyl groups excluding tert-OH is 1. The quantitative estimate of drug-likeness (QED) is 0.743. The summed E-state index contributed by atoms with van der Waals surface area (Å²) >= 11 is 0. The lowest BCUT2D eigenvalue weighted by Gasteiger charge is -2.35. The Kier molecular flexibility index (Phi) is 5.01. The van der Waals surface area contributed by atoms with Gasteiger partial charge in [-0.15, -0.1) is 0 Å². The van der Waals surface area contributed by atoms with E-state index >= 15 is 0 Å². The highest BCUT2D eigenvalue weighted by Gasteiger charge is 2.38. The Balaban J connectivity index is 1.51. The number of rotatable bonds is 3. The molecule has 1 saturated heterocycles. The van der Waals surface area contributed by atoms with Crippen LogP contribution in [0.15, 0.2) is 0 Å². The van der Waals surface area contributed by atoms with E-state index in [-0.39, 0.29) is 30.6 Å². The predicted molar refractivity (Wildman–Crippen MR) is 80.0 cm³/mol. The molecule has 21 heavy (non-hydrogen) atoms. The van der Waals surface area contributed by atoms with Crippen LogP contribution in [0.5, 0.6) is 0 Å². The molecule has 5 atom stereocenters. The number of fused-ring (bicyclic) bond motifs is 1. The van der Waals surface area contributed by atoms with Crippen LogP contribution in [-0.4, -0.2) is 42.5 Å². The molecule has 3 N–H and O–H groups in total. The number of carbonyl (C=O) groups excluding carboxylic acids is 1. The van der Waals surface area contributed by atoms with Crippen molar-refractivity contribution in [2.75, 3.05) is 13.2 Å². The van der Waals surface area contributed by atoms with E-state index in [4.69, 9.17) is 4.74 Å². The van der Waals surface area contributed by atoms with Crippen molar-refractivity contribution in [3.05, 3.63) is 0 Å². The van der Waals surface area contributed by atoms with Gasteiger partial charge in [-0.3, -0.25) is 0 Å². The summed E-state index contributed by atoms with van der Waals surface area (Å²) in [7, 11) is 0. The number of amides is 2. The molecule has 1 aliphatic heterocycles. The summed E-state index contributed by atoms with van der Waals surface area (Å²) in [5.41, 5.74) is 0. The maximum atomic E-state index is 12.3. The van der Waals surface area contributed by atoms with Crippen molar-refractivity contribution in [2.45, 2.75) is 69.6 Å². The molecule has 0 bridgehead atoms. The van der Waals surface area contributed by atoms with E-state index in [9.17, 15) is 9.90 Å². The molecule has 0 aromatic carbocycles. The molecule has 5 unspecified atom stereocenters. The summed E-state index contributed by atoms with van der Waals surface area (Å²) in [5.74, 6) is 0.711. The third-order valence-electron chi connectivity index (χ3n) is 5.56. The predicted octanol–water partition coefficient (Wildman–Crippen LogP) is 1.79. The summed E-state index contributed by atoms with van der Waals surface area (Å²) in [4.78, 5) is 12.3. The van der Waals surface area contributed by atoms with Gasteiger partial charge in [0.1, 0.15) is 0 Å². The highest BCUT2D eigenvalue weighted by molar-refractivity contribution is 5.74. The van der Waals surface area contributed by atoms with Gasteiger partial charge < -0.3 is 20.5 Å². The van der Waals surface area contributed by atoms with E-state index < -0.39 is 0 Å². The first-order valence-corrected chi connectivity index (χ1v) is 8.57. The molecular weight excluding hydrogens is 268 g/mol. The van der Waals surface area contributed by atoms with E-state index in [0.717, 1.165) is 58.0 Å². The molecular formula is C16H28N2O3. The van der Waals surface area contributed by atoms with Crippen molar-refractivity contribution in [1.82, 2.24) is 10.6 Å². The summed E-state index contributed by atoms with van der Waals surface area (Å²) in [6.07, 6.45) is 9.06. The monoisotopic (exact) mass is 296 g/mol. The highest BCUT2D eigenvalue weighted by atomic mass is 16.5. The minimum Gasteiger partial charge on any atom is -0.396 e. The van der Waals surface area contributed by atoms with Crippen LogP contribution in [0.1, 0.15) is 51.4 Å². The molecule has 0 aromatic heterocycles. The molecule has 0 radical (unpaired) electrons. The van der Waals surface area contributed by atoms with Gasteiger partial charge >= 0.3 is 6.03 Å². The minimum atomic E-state index is -0.0575. The Morgan fingerprint density at radius 1 is 1.00 bits per heavy atom. The number of hydrogen-bond donors (Lipinski definition) is 3. The first-order chi connectivity index (χ1) is 10.3. The third kappa shape index (κ3) is 3.51. The molecule has 5 heteroatoms. The molecule has 0 aromatic rings. The number of carbonyl (C=O) groups is 1. The zero-order chi connectivity index (χ0) is 14.7. The zero-order valence-corrected chi connectivity index (χ0v) is 12.7. The van der Waals surface area contributed by atoms with Gasteiger partial charge in [-0.2, -0.15) is 0 Å². The van der Waals surface area contributed by atoms with Crippen LogP contribution < -0.4 is 10.6 Å². The first kappa shape index (κ1) is 15.1. The zero-order valence-electron chi connectivity index (χ0n) is 12.7. The lowest BCUT2D eigenvalue weighted by Crippen LogP contribution is -2.53. The Morgan fingerprint density at radius 2 is 1.76 bits per heavy atom. The van der Waals surface area contributed by atoms with Gasteiger partial charge in [0.2, 0.25) is 0 Å². The normalized spacial score (nSPS) is 39.6. The van der Waals surface area contributed by atoms with Gasteiger partial charge in [-0.1, -0.05) is 12.8 Å². The lowest BCUT2D eigenvalue weighted by atomic mass is 9.82. The van der Waals surface area contributed by atoms with Crippen molar-refractivity contribution in [3.63, 3.8) is 0 Å². The average molecular weight is 296 g/mol. The third-order valence-corrected chi connectivity index (χ3v) is 5.56. The second kappa shape index (κ2) is 6.97. The van der Waals surface area contributed by atoms with E-state index in [1.807, 2.05) is 0 Å².